The Morgan fingerprint density at radius 1 is 1.38 bits per heavy atom. The van der Waals surface area contributed by atoms with E-state index in [0.29, 0.717) is 37.6 Å². The number of hydrogen-bond donors (Lipinski definition) is 1. The Bertz CT molecular complexity index is 758. The molecule has 130 valence electrons. The molecule has 0 amide bonds. The van der Waals surface area contributed by atoms with E-state index in [1.165, 1.54) is 10.7 Å². The quantitative estimate of drug-likeness (QED) is 0.811. The molecule has 0 saturated heterocycles. The van der Waals surface area contributed by atoms with E-state index in [2.05, 4.69) is 5.10 Å². The topological polar surface area (TPSA) is 72.5 Å². The van der Waals surface area contributed by atoms with Gasteiger partial charge in [0, 0.05) is 32.2 Å². The molecule has 24 heavy (non-hydrogen) atoms. The number of aliphatic hydroxyl groups excluding tert-OH is 1. The van der Waals surface area contributed by atoms with Crippen molar-refractivity contribution in [3.05, 3.63) is 52.0 Å². The van der Waals surface area contributed by atoms with Crippen molar-refractivity contribution in [2.75, 3.05) is 19.7 Å². The molecule has 2 aromatic rings. The first-order valence-corrected chi connectivity index (χ1v) is 7.89. The van der Waals surface area contributed by atoms with Crippen molar-refractivity contribution in [3.63, 3.8) is 0 Å². The summed E-state index contributed by atoms with van der Waals surface area (Å²) in [5.41, 5.74) is 0.360. The molecule has 0 radical (unpaired) electrons. The summed E-state index contributed by atoms with van der Waals surface area (Å²) in [6.07, 6.45) is -0.682. The molecule has 1 aromatic heterocycles. The number of β-amino-alcohol motifs (C(OH)–C–C–N with tert-alkyl or cyclic N) is 1. The first-order valence-electron chi connectivity index (χ1n) is 7.89. The first-order chi connectivity index (χ1) is 11.5. The van der Waals surface area contributed by atoms with Gasteiger partial charge in [0.1, 0.15) is 11.6 Å². The van der Waals surface area contributed by atoms with E-state index in [-0.39, 0.29) is 24.7 Å². The van der Waals surface area contributed by atoms with Gasteiger partial charge in [-0.1, -0.05) is 18.2 Å². The molecule has 0 bridgehead atoms. The normalized spacial score (nSPS) is 16.1. The number of halogens is 1. The Labute approximate surface area is 138 Å². The molecule has 7 nitrogen and oxygen atoms in total. The van der Waals surface area contributed by atoms with Gasteiger partial charge in [0.05, 0.1) is 25.9 Å². The largest absolute Gasteiger partial charge is 0.389 e. The number of hydrogen-bond acceptors (Lipinski definition) is 5. The molecular formula is C16H21FN4O3. The predicted octanol–water partition coefficient (Wildman–Crippen LogP) is 0.114. The van der Waals surface area contributed by atoms with Crippen LogP contribution in [-0.4, -0.2) is 50.2 Å². The lowest BCUT2D eigenvalue weighted by molar-refractivity contribution is 0.00463. The van der Waals surface area contributed by atoms with Crippen LogP contribution in [0.4, 0.5) is 4.39 Å². The van der Waals surface area contributed by atoms with Gasteiger partial charge in [-0.3, -0.25) is 9.47 Å². The fourth-order valence-corrected chi connectivity index (χ4v) is 2.84. The van der Waals surface area contributed by atoms with Crippen molar-refractivity contribution >= 4 is 0 Å². The van der Waals surface area contributed by atoms with Gasteiger partial charge < -0.3 is 9.84 Å². The maximum absolute atomic E-state index is 13.5. The van der Waals surface area contributed by atoms with Crippen LogP contribution >= 0.6 is 0 Å². The Morgan fingerprint density at radius 2 is 2.17 bits per heavy atom. The van der Waals surface area contributed by atoms with E-state index in [9.17, 15) is 14.3 Å². The van der Waals surface area contributed by atoms with E-state index in [1.807, 2.05) is 4.90 Å². The van der Waals surface area contributed by atoms with Gasteiger partial charge in [-0.2, -0.15) is 5.10 Å². The minimum absolute atomic E-state index is 0.113. The number of ether oxygens (including phenoxy) is 1. The fourth-order valence-electron chi connectivity index (χ4n) is 2.84. The van der Waals surface area contributed by atoms with Crippen LogP contribution in [0.15, 0.2) is 29.1 Å². The van der Waals surface area contributed by atoms with E-state index in [0.717, 1.165) is 0 Å². The average molecular weight is 336 g/mol. The zero-order valence-electron chi connectivity index (χ0n) is 13.6. The second kappa shape index (κ2) is 7.25. The highest BCUT2D eigenvalue weighted by molar-refractivity contribution is 5.16. The molecule has 1 unspecified atom stereocenters. The van der Waals surface area contributed by atoms with Gasteiger partial charge in [-0.25, -0.2) is 13.9 Å². The van der Waals surface area contributed by atoms with Crippen molar-refractivity contribution in [2.45, 2.75) is 25.8 Å². The standard InChI is InChI=1S/C16H21FN4O3/c1-19-16(23)21-7-6-20(9-15(21)18-19)8-13(22)11-24-10-12-4-2-3-5-14(12)17/h2-5,13,22H,6-11H2,1H3. The monoisotopic (exact) mass is 336 g/mol. The number of rotatable bonds is 6. The van der Waals surface area contributed by atoms with Gasteiger partial charge in [-0.05, 0) is 6.07 Å². The maximum atomic E-state index is 13.5. The van der Waals surface area contributed by atoms with Crippen molar-refractivity contribution in [2.24, 2.45) is 7.05 Å². The SMILES string of the molecule is Cn1nc2n(c1=O)CCN(CC(O)COCc1ccccc1F)C2. The van der Waals surface area contributed by atoms with Gasteiger partial charge >= 0.3 is 5.69 Å². The molecule has 0 aliphatic carbocycles. The highest BCUT2D eigenvalue weighted by atomic mass is 19.1. The summed E-state index contributed by atoms with van der Waals surface area (Å²) in [5, 5.41) is 14.3. The molecule has 0 spiro atoms. The third-order valence-corrected chi connectivity index (χ3v) is 4.08. The van der Waals surface area contributed by atoms with Crippen LogP contribution in [0.1, 0.15) is 11.4 Å². The number of aromatic nitrogens is 3. The van der Waals surface area contributed by atoms with Crippen molar-refractivity contribution < 1.29 is 14.2 Å². The van der Waals surface area contributed by atoms with Crippen LogP contribution in [0.2, 0.25) is 0 Å². The Balaban J connectivity index is 1.47. The molecule has 0 fully saturated rings. The summed E-state index contributed by atoms with van der Waals surface area (Å²) in [4.78, 5) is 13.8. The summed E-state index contributed by atoms with van der Waals surface area (Å²) in [6, 6.07) is 6.42. The lowest BCUT2D eigenvalue weighted by Gasteiger charge is -2.28. The zero-order chi connectivity index (χ0) is 17.1. The summed E-state index contributed by atoms with van der Waals surface area (Å²) in [6.45, 7) is 2.42. The van der Waals surface area contributed by atoms with Crippen molar-refractivity contribution in [1.82, 2.24) is 19.2 Å². The fraction of sp³-hybridized carbons (Fsp3) is 0.500. The molecule has 3 rings (SSSR count). The molecule has 1 aromatic carbocycles. The third-order valence-electron chi connectivity index (χ3n) is 4.08. The van der Waals surface area contributed by atoms with Crippen LogP contribution < -0.4 is 5.69 Å². The molecule has 1 aliphatic rings. The van der Waals surface area contributed by atoms with Crippen LogP contribution in [0, 0.1) is 5.82 Å². The number of benzene rings is 1. The average Bonchev–Trinajstić information content (AvgIpc) is 2.83. The number of aryl methyl sites for hydroxylation is 1. The maximum Gasteiger partial charge on any atom is 0.345 e. The lowest BCUT2D eigenvalue weighted by Crippen LogP contribution is -2.42. The van der Waals surface area contributed by atoms with Crippen molar-refractivity contribution in [1.29, 1.82) is 0 Å². The van der Waals surface area contributed by atoms with Gasteiger partial charge in [-0.15, -0.1) is 0 Å². The van der Waals surface area contributed by atoms with Gasteiger partial charge in [0.25, 0.3) is 0 Å². The zero-order valence-corrected chi connectivity index (χ0v) is 13.6. The van der Waals surface area contributed by atoms with Gasteiger partial charge in [0.15, 0.2) is 0 Å². The van der Waals surface area contributed by atoms with E-state index in [1.54, 1.807) is 29.8 Å². The highest BCUT2D eigenvalue weighted by Gasteiger charge is 2.22. The van der Waals surface area contributed by atoms with Crippen LogP contribution in [-0.2, 0) is 31.5 Å². The Morgan fingerprint density at radius 3 is 2.96 bits per heavy atom. The minimum atomic E-state index is -0.682. The number of fused-ring (bicyclic) bond motifs is 1. The lowest BCUT2D eigenvalue weighted by atomic mass is 10.2. The highest BCUT2D eigenvalue weighted by Crippen LogP contribution is 2.10. The smallest absolute Gasteiger partial charge is 0.345 e. The number of aliphatic hydroxyl groups is 1. The van der Waals surface area contributed by atoms with Crippen LogP contribution in [0.3, 0.4) is 0 Å². The molecule has 2 heterocycles. The summed E-state index contributed by atoms with van der Waals surface area (Å²) >= 11 is 0. The summed E-state index contributed by atoms with van der Waals surface area (Å²) in [7, 11) is 1.63. The molecule has 1 N–H and O–H groups in total. The van der Waals surface area contributed by atoms with Crippen LogP contribution in [0.25, 0.3) is 0 Å². The third kappa shape index (κ3) is 3.72. The molecule has 8 heteroatoms. The molecule has 0 saturated carbocycles. The summed E-state index contributed by atoms with van der Waals surface area (Å²) < 4.78 is 21.9. The second-order valence-electron chi connectivity index (χ2n) is 5.97. The first kappa shape index (κ1) is 16.8. The molecular weight excluding hydrogens is 315 g/mol. The minimum Gasteiger partial charge on any atom is -0.389 e. The predicted molar refractivity (Wildman–Crippen MR) is 84.8 cm³/mol. The summed E-state index contributed by atoms with van der Waals surface area (Å²) in [5.74, 6) is 0.393. The van der Waals surface area contributed by atoms with E-state index >= 15 is 0 Å². The molecule has 1 aliphatic heterocycles. The van der Waals surface area contributed by atoms with E-state index in [4.69, 9.17) is 4.74 Å². The second-order valence-corrected chi connectivity index (χ2v) is 5.97. The van der Waals surface area contributed by atoms with Crippen molar-refractivity contribution in [3.8, 4) is 0 Å². The Kier molecular flexibility index (Phi) is 5.08. The van der Waals surface area contributed by atoms with Gasteiger partial charge in [0.2, 0.25) is 0 Å². The molecule has 1 atom stereocenters. The van der Waals surface area contributed by atoms with Crippen LogP contribution in [0.5, 0.6) is 0 Å². The Hall–Kier alpha value is -2.03. The number of nitrogens with zero attached hydrogens (tertiary/aromatic N) is 4. The van der Waals surface area contributed by atoms with E-state index < -0.39 is 6.10 Å².